The molecule has 1 atom stereocenters. The molecule has 2 aromatic carbocycles. The number of hydrogen-bond acceptors (Lipinski definition) is 3. The zero-order valence-corrected chi connectivity index (χ0v) is 15.2. The number of amides is 1. The number of hydroxylamine groups is 1. The minimum atomic E-state index is -1.04. The second kappa shape index (κ2) is 7.35. The highest BCUT2D eigenvalue weighted by atomic mass is 32.2. The molecule has 0 radical (unpaired) electrons. The number of halogens is 1. The number of allylic oxidation sites excluding steroid dienone is 2. The standard InChI is InChI=1S/C20H18FNO3S/c1-12-17(9-13-3-6-15(7-4-13)26(2)25)16-8-5-14(21)10-19(16)18(12)11-20(23)22-24/h3-10,24H,11H2,1-2H3,(H,22,23)/b17-9-. The summed E-state index contributed by atoms with van der Waals surface area (Å²) in [6.07, 6.45) is 3.54. The second-order valence-electron chi connectivity index (χ2n) is 6.09. The van der Waals surface area contributed by atoms with Gasteiger partial charge in [-0.25, -0.2) is 9.87 Å². The van der Waals surface area contributed by atoms with Crippen LogP contribution in [0.15, 0.2) is 52.9 Å². The third kappa shape index (κ3) is 3.52. The Morgan fingerprint density at radius 1 is 1.19 bits per heavy atom. The van der Waals surface area contributed by atoms with Gasteiger partial charge in [-0.2, -0.15) is 0 Å². The Labute approximate surface area is 153 Å². The molecular weight excluding hydrogens is 353 g/mol. The Hall–Kier alpha value is -2.57. The Kier molecular flexibility index (Phi) is 5.15. The Morgan fingerprint density at radius 2 is 1.88 bits per heavy atom. The number of fused-ring (bicyclic) bond motifs is 1. The molecule has 0 aromatic heterocycles. The van der Waals surface area contributed by atoms with Crippen LogP contribution in [-0.2, 0) is 15.6 Å². The minimum Gasteiger partial charge on any atom is -0.289 e. The van der Waals surface area contributed by atoms with Crippen LogP contribution in [0, 0.1) is 5.82 Å². The predicted molar refractivity (Wildman–Crippen MR) is 100 cm³/mol. The molecule has 6 heteroatoms. The van der Waals surface area contributed by atoms with Gasteiger partial charge in [-0.1, -0.05) is 18.2 Å². The van der Waals surface area contributed by atoms with Crippen LogP contribution in [0.1, 0.15) is 30.0 Å². The third-order valence-electron chi connectivity index (χ3n) is 4.44. The van der Waals surface area contributed by atoms with Crippen molar-refractivity contribution in [2.75, 3.05) is 6.26 Å². The van der Waals surface area contributed by atoms with E-state index in [0.29, 0.717) is 11.1 Å². The van der Waals surface area contributed by atoms with Crippen molar-refractivity contribution in [3.8, 4) is 0 Å². The average molecular weight is 371 g/mol. The van der Waals surface area contributed by atoms with Crippen molar-refractivity contribution in [2.24, 2.45) is 0 Å². The molecule has 4 nitrogen and oxygen atoms in total. The molecule has 0 saturated carbocycles. The third-order valence-corrected chi connectivity index (χ3v) is 5.37. The summed E-state index contributed by atoms with van der Waals surface area (Å²) in [5.41, 5.74) is 6.47. The van der Waals surface area contributed by atoms with Crippen molar-refractivity contribution in [1.29, 1.82) is 0 Å². The summed E-state index contributed by atoms with van der Waals surface area (Å²) in [6, 6.07) is 11.8. The normalized spacial score (nSPS) is 15.9. The van der Waals surface area contributed by atoms with Gasteiger partial charge in [-0.3, -0.25) is 14.2 Å². The van der Waals surface area contributed by atoms with E-state index in [0.717, 1.165) is 27.2 Å². The quantitative estimate of drug-likeness (QED) is 0.635. The molecule has 0 spiro atoms. The van der Waals surface area contributed by atoms with Crippen molar-refractivity contribution in [1.82, 2.24) is 5.48 Å². The highest BCUT2D eigenvalue weighted by Crippen LogP contribution is 2.43. The molecule has 1 unspecified atom stereocenters. The van der Waals surface area contributed by atoms with E-state index >= 15 is 0 Å². The molecule has 0 bridgehead atoms. The van der Waals surface area contributed by atoms with E-state index in [-0.39, 0.29) is 12.2 Å². The minimum absolute atomic E-state index is 0.0378. The van der Waals surface area contributed by atoms with E-state index in [1.54, 1.807) is 17.8 Å². The first-order chi connectivity index (χ1) is 12.4. The van der Waals surface area contributed by atoms with Crippen LogP contribution in [0.4, 0.5) is 4.39 Å². The number of carbonyl (C=O) groups excluding carboxylic acids is 1. The van der Waals surface area contributed by atoms with Gasteiger partial charge >= 0.3 is 0 Å². The summed E-state index contributed by atoms with van der Waals surface area (Å²) < 4.78 is 25.3. The lowest BCUT2D eigenvalue weighted by atomic mass is 10.0. The lowest BCUT2D eigenvalue weighted by Crippen LogP contribution is -2.18. The van der Waals surface area contributed by atoms with Crippen LogP contribution in [0.5, 0.6) is 0 Å². The van der Waals surface area contributed by atoms with Crippen molar-refractivity contribution in [3.63, 3.8) is 0 Å². The molecule has 0 aliphatic heterocycles. The number of rotatable bonds is 4. The van der Waals surface area contributed by atoms with Crippen molar-refractivity contribution < 1.29 is 18.6 Å². The number of hydrogen-bond donors (Lipinski definition) is 2. The molecule has 1 aliphatic carbocycles. The summed E-state index contributed by atoms with van der Waals surface area (Å²) in [5, 5.41) is 8.82. The van der Waals surface area contributed by atoms with Gasteiger partial charge in [-0.05, 0) is 70.7 Å². The van der Waals surface area contributed by atoms with E-state index in [4.69, 9.17) is 5.21 Å². The fraction of sp³-hybridized carbons (Fsp3) is 0.150. The lowest BCUT2D eigenvalue weighted by Gasteiger charge is -2.05. The second-order valence-corrected chi connectivity index (χ2v) is 7.47. The smallest absolute Gasteiger partial charge is 0.247 e. The molecule has 0 saturated heterocycles. The molecule has 1 aliphatic rings. The van der Waals surface area contributed by atoms with E-state index in [2.05, 4.69) is 0 Å². The van der Waals surface area contributed by atoms with Gasteiger partial charge in [0.1, 0.15) is 5.82 Å². The largest absolute Gasteiger partial charge is 0.289 e. The van der Waals surface area contributed by atoms with Crippen LogP contribution in [-0.4, -0.2) is 21.6 Å². The van der Waals surface area contributed by atoms with Gasteiger partial charge in [0.05, 0.1) is 6.42 Å². The first-order valence-electron chi connectivity index (χ1n) is 7.99. The highest BCUT2D eigenvalue weighted by molar-refractivity contribution is 7.84. The molecule has 134 valence electrons. The number of nitrogens with one attached hydrogen (secondary N) is 1. The van der Waals surface area contributed by atoms with Crippen LogP contribution >= 0.6 is 0 Å². The lowest BCUT2D eigenvalue weighted by molar-refractivity contribution is -0.128. The first-order valence-corrected chi connectivity index (χ1v) is 9.55. The Balaban J connectivity index is 2.08. The van der Waals surface area contributed by atoms with Gasteiger partial charge in [0, 0.05) is 22.0 Å². The van der Waals surface area contributed by atoms with Crippen LogP contribution < -0.4 is 5.48 Å². The van der Waals surface area contributed by atoms with Crippen LogP contribution in [0.2, 0.25) is 0 Å². The summed E-state index contributed by atoms with van der Waals surface area (Å²) in [4.78, 5) is 12.4. The van der Waals surface area contributed by atoms with Crippen LogP contribution in [0.25, 0.3) is 17.2 Å². The topological polar surface area (TPSA) is 66.4 Å². The fourth-order valence-corrected chi connectivity index (χ4v) is 3.62. The summed E-state index contributed by atoms with van der Waals surface area (Å²) in [7, 11) is -1.04. The summed E-state index contributed by atoms with van der Waals surface area (Å²) in [5.74, 6) is -0.930. The average Bonchev–Trinajstić information content (AvgIpc) is 2.87. The number of benzene rings is 2. The van der Waals surface area contributed by atoms with Crippen molar-refractivity contribution in [3.05, 3.63) is 70.5 Å². The zero-order valence-electron chi connectivity index (χ0n) is 14.4. The Bertz CT molecular complexity index is 962. The molecule has 2 N–H and O–H groups in total. The van der Waals surface area contributed by atoms with E-state index < -0.39 is 16.7 Å². The van der Waals surface area contributed by atoms with E-state index in [1.165, 1.54) is 12.1 Å². The molecular formula is C20H18FNO3S. The molecule has 3 rings (SSSR count). The predicted octanol–water partition coefficient (Wildman–Crippen LogP) is 3.79. The van der Waals surface area contributed by atoms with E-state index in [1.807, 2.05) is 37.3 Å². The van der Waals surface area contributed by atoms with Gasteiger partial charge in [0.15, 0.2) is 0 Å². The zero-order chi connectivity index (χ0) is 18.8. The molecule has 2 aromatic rings. The van der Waals surface area contributed by atoms with Gasteiger partial charge in [0.2, 0.25) is 5.91 Å². The first kappa shape index (κ1) is 18.2. The van der Waals surface area contributed by atoms with Crippen molar-refractivity contribution in [2.45, 2.75) is 18.2 Å². The SMILES string of the molecule is CC1=C(CC(=O)NO)c2cc(F)ccc2/C1=C\c1ccc(S(C)=O)cc1. The molecule has 0 heterocycles. The van der Waals surface area contributed by atoms with Crippen molar-refractivity contribution >= 4 is 33.9 Å². The summed E-state index contributed by atoms with van der Waals surface area (Å²) in [6.45, 7) is 1.87. The number of carbonyl (C=O) groups is 1. The van der Waals surface area contributed by atoms with Gasteiger partial charge < -0.3 is 0 Å². The molecule has 0 fully saturated rings. The summed E-state index contributed by atoms with van der Waals surface area (Å²) >= 11 is 0. The maximum Gasteiger partial charge on any atom is 0.247 e. The van der Waals surface area contributed by atoms with Crippen LogP contribution in [0.3, 0.4) is 0 Å². The monoisotopic (exact) mass is 371 g/mol. The maximum atomic E-state index is 13.7. The highest BCUT2D eigenvalue weighted by Gasteiger charge is 2.25. The maximum absolute atomic E-state index is 13.7. The van der Waals surface area contributed by atoms with E-state index in [9.17, 15) is 13.4 Å². The molecule has 1 amide bonds. The van der Waals surface area contributed by atoms with Gasteiger partial charge in [0.25, 0.3) is 0 Å². The van der Waals surface area contributed by atoms with Gasteiger partial charge in [-0.15, -0.1) is 0 Å². The fourth-order valence-electron chi connectivity index (χ4n) is 3.10. The molecule has 26 heavy (non-hydrogen) atoms. The Morgan fingerprint density at radius 3 is 2.50 bits per heavy atom.